The third-order valence-corrected chi connectivity index (χ3v) is 23.8. The Morgan fingerprint density at radius 2 is 0.762 bits per heavy atom. The van der Waals surface area contributed by atoms with Crippen LogP contribution < -0.4 is 6.54 Å². The van der Waals surface area contributed by atoms with Crippen LogP contribution in [0, 0.1) is 0 Å². The minimum atomic E-state index is -3.81. The first-order chi connectivity index (χ1) is 19.3. The summed E-state index contributed by atoms with van der Waals surface area (Å²) >= 11 is -3.81. The van der Waals surface area contributed by atoms with Gasteiger partial charge in [-0.1, -0.05) is 0 Å². The van der Waals surface area contributed by atoms with Gasteiger partial charge in [0.15, 0.2) is 0 Å². The molecular weight excluding hydrogens is 647 g/mol. The Hall–Kier alpha value is -2.48. The van der Waals surface area contributed by atoms with Gasteiger partial charge in [0, 0.05) is 0 Å². The Balaban J connectivity index is 0.00000202. The largest absolute Gasteiger partial charge is 0.147 e. The topological polar surface area (TPSA) is 0 Å². The summed E-state index contributed by atoms with van der Waals surface area (Å²) in [5.74, 6) is 0. The van der Waals surface area contributed by atoms with E-state index in [1.54, 1.807) is 6.54 Å². The summed E-state index contributed by atoms with van der Waals surface area (Å²) in [6, 6.07) is 45.2. The Kier molecular flexibility index (Phi) is 9.75. The van der Waals surface area contributed by atoms with Gasteiger partial charge >= 0.3 is 244 Å². The Bertz CT molecular complexity index is 1710. The van der Waals surface area contributed by atoms with Crippen molar-refractivity contribution < 1.29 is 17.4 Å². The van der Waals surface area contributed by atoms with E-state index in [-0.39, 0.29) is 24.8 Å². The zero-order valence-corrected chi connectivity index (χ0v) is 30.5. The van der Waals surface area contributed by atoms with Crippen LogP contribution in [0.3, 0.4) is 0 Å². The van der Waals surface area contributed by atoms with Crippen LogP contribution in [0.5, 0.6) is 0 Å². The van der Waals surface area contributed by atoms with Gasteiger partial charge in [-0.05, 0) is 0 Å². The molecule has 4 aliphatic rings. The van der Waals surface area contributed by atoms with Gasteiger partial charge in [-0.2, -0.15) is 0 Å². The molecule has 0 bridgehead atoms. The van der Waals surface area contributed by atoms with Crippen LogP contribution in [0.15, 0.2) is 121 Å². The van der Waals surface area contributed by atoms with Gasteiger partial charge in [-0.25, -0.2) is 0 Å². The molecule has 42 heavy (non-hydrogen) atoms. The molecule has 0 amide bonds. The van der Waals surface area contributed by atoms with E-state index in [2.05, 4.69) is 151 Å². The van der Waals surface area contributed by atoms with Crippen molar-refractivity contribution in [2.75, 3.05) is 0 Å². The van der Waals surface area contributed by atoms with Crippen molar-refractivity contribution in [3.05, 3.63) is 132 Å². The molecule has 0 heterocycles. The van der Waals surface area contributed by atoms with Crippen molar-refractivity contribution >= 4 is 38.2 Å². The van der Waals surface area contributed by atoms with Gasteiger partial charge < -0.3 is 0 Å². The molecule has 0 fully saturated rings. The third kappa shape index (κ3) is 5.48. The van der Waals surface area contributed by atoms with Gasteiger partial charge in [0.1, 0.15) is 0 Å². The second-order valence-corrected chi connectivity index (χ2v) is 40.3. The molecule has 0 unspecified atom stereocenters. The minimum Gasteiger partial charge on any atom is -0.147 e. The van der Waals surface area contributed by atoms with Crippen molar-refractivity contribution in [3.63, 3.8) is 0 Å². The van der Waals surface area contributed by atoms with E-state index >= 15 is 0 Å². The van der Waals surface area contributed by atoms with Crippen LogP contribution in [0.4, 0.5) is 0 Å². The molecule has 0 aromatic heterocycles. The van der Waals surface area contributed by atoms with Gasteiger partial charge in [-0.3, -0.25) is 0 Å². The standard InChI is InChI=1S/2C18H15.2CH3.2ClH.H2Si.Zr/c2*1-2-14-12-16-10-6-7-11-17(18(16)13-14)15-8-4-3-5-9-15;;;;;;/h2*3-11,13H,2H2,1H3;2*1H3;2*1H;1H2;. The van der Waals surface area contributed by atoms with E-state index in [0.29, 0.717) is 0 Å². The smallest absolute Gasteiger partial charge is 0.147 e. The van der Waals surface area contributed by atoms with Crippen LogP contribution in [0.25, 0.3) is 44.5 Å². The number of aryl methyl sites for hydroxylation is 2. The van der Waals surface area contributed by atoms with Crippen LogP contribution in [-0.4, -0.2) is 6.88 Å². The Morgan fingerprint density at radius 1 is 0.452 bits per heavy atom. The third-order valence-electron chi connectivity index (χ3n) is 8.79. The van der Waals surface area contributed by atoms with Gasteiger partial charge in [0.25, 0.3) is 0 Å². The van der Waals surface area contributed by atoms with Crippen molar-refractivity contribution in [1.82, 2.24) is 0 Å². The summed E-state index contributed by atoms with van der Waals surface area (Å²) < 4.78 is 8.71. The predicted octanol–water partition coefficient (Wildman–Crippen LogP) is 9.48. The fourth-order valence-electron chi connectivity index (χ4n) is 7.16. The number of hydrogen-bond acceptors (Lipinski definition) is 0. The summed E-state index contributed by atoms with van der Waals surface area (Å²) in [5.41, 5.74) is 14.0. The maximum atomic E-state index is 2.69. The SMILES string of the molecule is CCc1cc2c(-c3ccccc3)ccccc-2[c]1[Zr]([CH3])([CH3])(=[SiH2])[c]1c(CC)cc2c(-c3ccccc3)ccccc1-2.Cl.Cl. The van der Waals surface area contributed by atoms with Crippen molar-refractivity contribution in [2.45, 2.75) is 36.0 Å². The zero-order chi connectivity index (χ0) is 27.9. The average Bonchev–Trinajstić information content (AvgIpc) is 3.39. The molecule has 2 aromatic carbocycles. The molecule has 0 spiro atoms. The Morgan fingerprint density at radius 3 is 1.10 bits per heavy atom. The molecule has 0 N–H and O–H groups in total. The molecule has 0 radical (unpaired) electrons. The van der Waals surface area contributed by atoms with E-state index in [0.717, 1.165) is 12.8 Å². The summed E-state index contributed by atoms with van der Waals surface area (Å²) in [6.45, 7) is 7.05. The van der Waals surface area contributed by atoms with E-state index < -0.39 is 17.4 Å². The molecule has 214 valence electrons. The van der Waals surface area contributed by atoms with E-state index in [1.165, 1.54) is 55.6 Å². The fraction of sp³-hybridized carbons (Fsp3) is 0.158. The molecule has 4 heteroatoms. The van der Waals surface area contributed by atoms with E-state index in [4.69, 9.17) is 0 Å². The van der Waals surface area contributed by atoms with E-state index in [1.807, 2.05) is 0 Å². The molecule has 0 saturated carbocycles. The van der Waals surface area contributed by atoms with Crippen LogP contribution in [0.2, 0.25) is 9.26 Å². The Labute approximate surface area is 266 Å². The number of hydrogen-bond donors (Lipinski definition) is 0. The summed E-state index contributed by atoms with van der Waals surface area (Å²) in [7, 11) is 0. The van der Waals surface area contributed by atoms with Gasteiger partial charge in [0.05, 0.1) is 0 Å². The first-order valence-corrected chi connectivity index (χ1v) is 27.9. The van der Waals surface area contributed by atoms with E-state index in [9.17, 15) is 0 Å². The van der Waals surface area contributed by atoms with Crippen LogP contribution in [-0.2, 0) is 30.2 Å². The molecule has 0 atom stereocenters. The van der Waals surface area contributed by atoms with Crippen LogP contribution in [0.1, 0.15) is 25.0 Å². The summed E-state index contributed by atoms with van der Waals surface area (Å²) in [6.07, 6.45) is 2.10. The van der Waals surface area contributed by atoms with Crippen molar-refractivity contribution in [1.29, 1.82) is 0 Å². The second kappa shape index (κ2) is 12.6. The van der Waals surface area contributed by atoms with Crippen molar-refractivity contribution in [3.8, 4) is 44.5 Å². The number of halogens is 2. The zero-order valence-electron chi connectivity index (χ0n) is 25.0. The predicted molar refractivity (Wildman–Crippen MR) is 190 cm³/mol. The quantitative estimate of drug-likeness (QED) is 0.153. The molecule has 6 rings (SSSR count). The average molecular weight is 687 g/mol. The molecule has 0 saturated heterocycles. The monoisotopic (exact) mass is 684 g/mol. The number of rotatable bonds is 6. The maximum Gasteiger partial charge on any atom is -0.147 e. The maximum absolute atomic E-state index is 3.81. The number of fused-ring (bicyclic) bond motifs is 2. The molecular formula is C38H40Cl2SiZr. The van der Waals surface area contributed by atoms with Gasteiger partial charge in [-0.15, -0.1) is 24.8 Å². The summed E-state index contributed by atoms with van der Waals surface area (Å²) in [4.78, 5) is 0. The number of benzene rings is 2. The fourth-order valence-corrected chi connectivity index (χ4v) is 24.3. The first-order valence-electron chi connectivity index (χ1n) is 14.6. The van der Waals surface area contributed by atoms with Crippen molar-refractivity contribution in [2.24, 2.45) is 0 Å². The van der Waals surface area contributed by atoms with Gasteiger partial charge in [0.2, 0.25) is 0 Å². The molecule has 4 aliphatic carbocycles. The summed E-state index contributed by atoms with van der Waals surface area (Å²) in [5, 5.41) is 0. The molecule has 0 aliphatic heterocycles. The first kappa shape index (κ1) is 32.4. The molecule has 0 nitrogen and oxygen atoms in total. The van der Waals surface area contributed by atoms with Crippen LogP contribution >= 0.6 is 24.8 Å². The second-order valence-electron chi connectivity index (χ2n) is 12.1. The normalized spacial score (nSPS) is 11.6. The minimum absolute atomic E-state index is 0. The molecule has 2 aromatic rings.